The lowest BCUT2D eigenvalue weighted by molar-refractivity contribution is -0.142. The third kappa shape index (κ3) is 5.05. The Kier molecular flexibility index (Phi) is 6.44. The molecule has 1 atom stereocenters. The van der Waals surface area contributed by atoms with Crippen LogP contribution in [0, 0.1) is 0 Å². The van der Waals surface area contributed by atoms with E-state index in [2.05, 4.69) is 25.6 Å². The molecule has 1 fully saturated rings. The monoisotopic (exact) mass is 483 g/mol. The third-order valence-corrected chi connectivity index (χ3v) is 6.16. The van der Waals surface area contributed by atoms with E-state index in [-0.39, 0.29) is 17.7 Å². The van der Waals surface area contributed by atoms with Crippen LogP contribution in [0.2, 0.25) is 0 Å². The van der Waals surface area contributed by atoms with Crippen molar-refractivity contribution in [1.82, 2.24) is 30.4 Å². The molecule has 0 bridgehead atoms. The van der Waals surface area contributed by atoms with Crippen LogP contribution in [0.5, 0.6) is 5.75 Å². The van der Waals surface area contributed by atoms with Gasteiger partial charge in [-0.25, -0.2) is 4.79 Å². The molecule has 0 aliphatic carbocycles. The molecule has 176 valence electrons. The zero-order valence-electron chi connectivity index (χ0n) is 17.4. The minimum atomic E-state index is -4.47. The Labute approximate surface area is 190 Å². The SMILES string of the molecule is CCC(C(=O)O)n1nnc(-c2nnc(N3CCC(Oc4ccccc4C(F)(F)F)CC3)s2)n1. The second-order valence-corrected chi connectivity index (χ2v) is 8.34. The standard InChI is InChI=1S/C19H20F3N7O3S/c1-2-13(17(30)31)29-26-15(23-27-29)16-24-25-18(33-16)28-9-7-11(8-10-28)32-14-6-4-3-5-12(14)19(20,21)22/h3-6,11,13H,2,7-10H2,1H3,(H,30,31). The number of aromatic nitrogens is 6. The number of rotatable bonds is 7. The molecule has 1 aromatic carbocycles. The predicted octanol–water partition coefficient (Wildman–Crippen LogP) is 3.29. The molecule has 2 aromatic heterocycles. The average Bonchev–Trinajstić information content (AvgIpc) is 3.44. The average molecular weight is 483 g/mol. The number of carboxylic acid groups (broad SMARTS) is 1. The van der Waals surface area contributed by atoms with Crippen molar-refractivity contribution in [2.45, 2.75) is 44.5 Å². The molecule has 0 saturated carbocycles. The fourth-order valence-electron chi connectivity index (χ4n) is 3.46. The molecule has 1 N–H and O–H groups in total. The molecule has 14 heteroatoms. The Morgan fingerprint density at radius 2 is 1.97 bits per heavy atom. The van der Waals surface area contributed by atoms with E-state index in [0.29, 0.717) is 42.5 Å². The van der Waals surface area contributed by atoms with Crippen molar-refractivity contribution in [3.8, 4) is 16.6 Å². The van der Waals surface area contributed by atoms with Gasteiger partial charge in [-0.1, -0.05) is 30.4 Å². The molecule has 3 aromatic rings. The molecule has 33 heavy (non-hydrogen) atoms. The molecule has 0 radical (unpaired) electrons. The maximum absolute atomic E-state index is 13.2. The highest BCUT2D eigenvalue weighted by atomic mass is 32.1. The van der Waals surface area contributed by atoms with Crippen molar-refractivity contribution in [1.29, 1.82) is 0 Å². The maximum atomic E-state index is 13.2. The summed E-state index contributed by atoms with van der Waals surface area (Å²) in [4.78, 5) is 14.3. The first-order valence-corrected chi connectivity index (χ1v) is 11.0. The van der Waals surface area contributed by atoms with Crippen LogP contribution < -0.4 is 9.64 Å². The summed E-state index contributed by atoms with van der Waals surface area (Å²) in [5, 5.41) is 30.3. The smallest absolute Gasteiger partial charge is 0.419 e. The quantitative estimate of drug-likeness (QED) is 0.540. The summed E-state index contributed by atoms with van der Waals surface area (Å²) in [5.41, 5.74) is -0.782. The van der Waals surface area contributed by atoms with Crippen LogP contribution in [0.15, 0.2) is 24.3 Å². The van der Waals surface area contributed by atoms with E-state index in [1.807, 2.05) is 4.90 Å². The van der Waals surface area contributed by atoms with Gasteiger partial charge in [-0.05, 0) is 23.8 Å². The third-order valence-electron chi connectivity index (χ3n) is 5.18. The Balaban J connectivity index is 1.38. The van der Waals surface area contributed by atoms with E-state index < -0.39 is 23.8 Å². The van der Waals surface area contributed by atoms with Gasteiger partial charge in [-0.3, -0.25) is 0 Å². The first kappa shape index (κ1) is 22.9. The summed E-state index contributed by atoms with van der Waals surface area (Å²) < 4.78 is 45.2. The zero-order chi connectivity index (χ0) is 23.6. The fourth-order valence-corrected chi connectivity index (χ4v) is 4.28. The lowest BCUT2D eigenvalue weighted by atomic mass is 10.1. The molecule has 0 spiro atoms. The van der Waals surface area contributed by atoms with Gasteiger partial charge < -0.3 is 14.7 Å². The van der Waals surface area contributed by atoms with E-state index >= 15 is 0 Å². The summed E-state index contributed by atoms with van der Waals surface area (Å²) in [7, 11) is 0. The van der Waals surface area contributed by atoms with Crippen molar-refractivity contribution in [3.63, 3.8) is 0 Å². The number of para-hydroxylation sites is 1. The molecule has 3 heterocycles. The number of piperidine rings is 1. The second-order valence-electron chi connectivity index (χ2n) is 7.38. The number of alkyl halides is 3. The van der Waals surface area contributed by atoms with Gasteiger partial charge in [0.15, 0.2) is 11.0 Å². The number of hydrogen-bond donors (Lipinski definition) is 1. The number of nitrogens with zero attached hydrogens (tertiary/aromatic N) is 7. The van der Waals surface area contributed by atoms with Gasteiger partial charge in [0.2, 0.25) is 11.0 Å². The topological polar surface area (TPSA) is 119 Å². The minimum absolute atomic E-state index is 0.164. The van der Waals surface area contributed by atoms with Gasteiger partial charge in [0.05, 0.1) is 5.56 Å². The van der Waals surface area contributed by atoms with Crippen molar-refractivity contribution < 1.29 is 27.8 Å². The fraction of sp³-hybridized carbons (Fsp3) is 0.474. The van der Waals surface area contributed by atoms with Crippen LogP contribution >= 0.6 is 11.3 Å². The molecule has 1 aliphatic rings. The highest BCUT2D eigenvalue weighted by Crippen LogP contribution is 2.37. The lowest BCUT2D eigenvalue weighted by Crippen LogP contribution is -2.38. The molecule has 4 rings (SSSR count). The summed E-state index contributed by atoms with van der Waals surface area (Å²) in [6.45, 7) is 2.77. The zero-order valence-corrected chi connectivity index (χ0v) is 18.3. The minimum Gasteiger partial charge on any atom is -0.490 e. The number of carbonyl (C=O) groups is 1. The van der Waals surface area contributed by atoms with E-state index in [1.54, 1.807) is 6.92 Å². The largest absolute Gasteiger partial charge is 0.490 e. The molecule has 0 amide bonds. The number of hydrogen-bond acceptors (Lipinski definition) is 9. The Morgan fingerprint density at radius 3 is 2.64 bits per heavy atom. The van der Waals surface area contributed by atoms with Crippen LogP contribution in [0.1, 0.15) is 37.8 Å². The van der Waals surface area contributed by atoms with Gasteiger partial charge in [-0.15, -0.1) is 25.2 Å². The number of aliphatic carboxylic acids is 1. The lowest BCUT2D eigenvalue weighted by Gasteiger charge is -2.32. The number of halogens is 3. The maximum Gasteiger partial charge on any atom is 0.419 e. The number of tetrazole rings is 1. The number of ether oxygens (including phenoxy) is 1. The molecule has 1 aliphatic heterocycles. The van der Waals surface area contributed by atoms with Crippen molar-refractivity contribution in [3.05, 3.63) is 29.8 Å². The van der Waals surface area contributed by atoms with Gasteiger partial charge in [0.1, 0.15) is 11.9 Å². The van der Waals surface area contributed by atoms with Crippen LogP contribution in [-0.4, -0.2) is 60.7 Å². The van der Waals surface area contributed by atoms with E-state index in [4.69, 9.17) is 4.74 Å². The highest BCUT2D eigenvalue weighted by Gasteiger charge is 2.35. The molecule has 1 saturated heterocycles. The first-order valence-electron chi connectivity index (χ1n) is 10.2. The van der Waals surface area contributed by atoms with Crippen LogP contribution in [0.3, 0.4) is 0 Å². The normalized spacial score (nSPS) is 16.1. The van der Waals surface area contributed by atoms with Gasteiger partial charge in [0, 0.05) is 25.9 Å². The Bertz CT molecular complexity index is 1110. The second kappa shape index (κ2) is 9.29. The number of carboxylic acids is 1. The van der Waals surface area contributed by atoms with Gasteiger partial charge in [0.25, 0.3) is 0 Å². The summed E-state index contributed by atoms with van der Waals surface area (Å²) in [6.07, 6.45) is -3.48. The first-order chi connectivity index (χ1) is 15.8. The summed E-state index contributed by atoms with van der Waals surface area (Å²) in [5.74, 6) is -1.04. The Hall–Kier alpha value is -3.29. The van der Waals surface area contributed by atoms with Gasteiger partial charge in [-0.2, -0.15) is 13.2 Å². The van der Waals surface area contributed by atoms with E-state index in [1.165, 1.54) is 29.5 Å². The van der Waals surface area contributed by atoms with Gasteiger partial charge >= 0.3 is 12.1 Å². The predicted molar refractivity (Wildman–Crippen MR) is 111 cm³/mol. The van der Waals surface area contributed by atoms with E-state index in [9.17, 15) is 23.1 Å². The summed E-state index contributed by atoms with van der Waals surface area (Å²) in [6, 6.07) is 4.28. The molecular weight excluding hydrogens is 463 g/mol. The van der Waals surface area contributed by atoms with Crippen molar-refractivity contribution >= 4 is 22.4 Å². The summed E-state index contributed by atoms with van der Waals surface area (Å²) >= 11 is 1.23. The highest BCUT2D eigenvalue weighted by molar-refractivity contribution is 7.18. The molecule has 1 unspecified atom stereocenters. The van der Waals surface area contributed by atoms with Crippen molar-refractivity contribution in [2.75, 3.05) is 18.0 Å². The molecular formula is C19H20F3N7O3S. The Morgan fingerprint density at radius 1 is 1.24 bits per heavy atom. The number of benzene rings is 1. The number of anilines is 1. The van der Waals surface area contributed by atoms with Crippen LogP contribution in [0.4, 0.5) is 18.3 Å². The van der Waals surface area contributed by atoms with Crippen molar-refractivity contribution in [2.24, 2.45) is 0 Å². The molecule has 10 nitrogen and oxygen atoms in total. The van der Waals surface area contributed by atoms with Crippen LogP contribution in [0.25, 0.3) is 10.8 Å². The van der Waals surface area contributed by atoms with E-state index in [0.717, 1.165) is 10.9 Å². The van der Waals surface area contributed by atoms with Crippen LogP contribution in [-0.2, 0) is 11.0 Å².